The minimum absolute atomic E-state index is 0.135. The first-order chi connectivity index (χ1) is 7.70. The highest BCUT2D eigenvalue weighted by atomic mass is 35.5. The van der Waals surface area contributed by atoms with E-state index in [2.05, 4.69) is 0 Å². The number of amides is 1. The Bertz CT molecular complexity index is 391. The number of benzene rings is 1. The van der Waals surface area contributed by atoms with Gasteiger partial charge in [-0.3, -0.25) is 4.79 Å². The molecule has 1 unspecified atom stereocenters. The molecule has 0 aromatic heterocycles. The van der Waals surface area contributed by atoms with Crippen LogP contribution in [0.2, 0.25) is 0 Å². The van der Waals surface area contributed by atoms with E-state index in [1.807, 2.05) is 36.1 Å². The Kier molecular flexibility index (Phi) is 3.49. The second-order valence-corrected chi connectivity index (χ2v) is 4.74. The van der Waals surface area contributed by atoms with Gasteiger partial charge in [0.2, 0.25) is 0 Å². The molecule has 16 heavy (non-hydrogen) atoms. The zero-order valence-corrected chi connectivity index (χ0v) is 10.2. The summed E-state index contributed by atoms with van der Waals surface area (Å²) < 4.78 is 0. The average Bonchev–Trinajstić information content (AvgIpc) is 2.76. The number of halogens is 1. The van der Waals surface area contributed by atoms with Crippen LogP contribution in [-0.4, -0.2) is 29.8 Å². The molecule has 0 N–H and O–H groups in total. The number of hydrogen-bond donors (Lipinski definition) is 0. The highest BCUT2D eigenvalue weighted by Crippen LogP contribution is 2.19. The Balaban J connectivity index is 2.08. The van der Waals surface area contributed by atoms with Crippen LogP contribution in [0.1, 0.15) is 22.3 Å². The van der Waals surface area contributed by atoms with Crippen molar-refractivity contribution in [2.45, 2.75) is 13.3 Å². The first-order valence-electron chi connectivity index (χ1n) is 5.62. The van der Waals surface area contributed by atoms with Crippen LogP contribution in [0.5, 0.6) is 0 Å². The van der Waals surface area contributed by atoms with E-state index in [4.69, 9.17) is 11.6 Å². The normalized spacial score (nSPS) is 20.1. The molecule has 1 atom stereocenters. The SMILES string of the molecule is Cc1cccc(C(=O)N2CCC(CCl)C2)c1. The van der Waals surface area contributed by atoms with E-state index in [1.165, 1.54) is 0 Å². The summed E-state index contributed by atoms with van der Waals surface area (Å²) in [5.41, 5.74) is 1.91. The largest absolute Gasteiger partial charge is 0.338 e. The molecule has 1 aliphatic rings. The lowest BCUT2D eigenvalue weighted by atomic mass is 10.1. The van der Waals surface area contributed by atoms with E-state index in [9.17, 15) is 4.79 Å². The maximum atomic E-state index is 12.1. The highest BCUT2D eigenvalue weighted by molar-refractivity contribution is 6.18. The van der Waals surface area contributed by atoms with Crippen molar-refractivity contribution in [2.24, 2.45) is 5.92 Å². The summed E-state index contributed by atoms with van der Waals surface area (Å²) in [4.78, 5) is 14.0. The highest BCUT2D eigenvalue weighted by Gasteiger charge is 2.26. The van der Waals surface area contributed by atoms with Crippen molar-refractivity contribution in [1.29, 1.82) is 0 Å². The molecule has 0 saturated carbocycles. The van der Waals surface area contributed by atoms with Gasteiger partial charge in [-0.05, 0) is 31.4 Å². The molecule has 2 rings (SSSR count). The van der Waals surface area contributed by atoms with Crippen molar-refractivity contribution in [2.75, 3.05) is 19.0 Å². The summed E-state index contributed by atoms with van der Waals surface area (Å²) in [6, 6.07) is 7.75. The van der Waals surface area contributed by atoms with E-state index in [0.29, 0.717) is 11.8 Å². The number of nitrogens with zero attached hydrogens (tertiary/aromatic N) is 1. The molecule has 1 saturated heterocycles. The first-order valence-corrected chi connectivity index (χ1v) is 6.16. The lowest BCUT2D eigenvalue weighted by molar-refractivity contribution is 0.0788. The molecule has 0 spiro atoms. The Morgan fingerprint density at radius 2 is 2.38 bits per heavy atom. The second-order valence-electron chi connectivity index (χ2n) is 4.43. The van der Waals surface area contributed by atoms with E-state index >= 15 is 0 Å². The smallest absolute Gasteiger partial charge is 0.253 e. The fourth-order valence-corrected chi connectivity index (χ4v) is 2.36. The van der Waals surface area contributed by atoms with Crippen molar-refractivity contribution in [3.8, 4) is 0 Å². The maximum Gasteiger partial charge on any atom is 0.253 e. The number of aryl methyl sites for hydroxylation is 1. The minimum atomic E-state index is 0.135. The number of hydrogen-bond acceptors (Lipinski definition) is 1. The fraction of sp³-hybridized carbons (Fsp3) is 0.462. The van der Waals surface area contributed by atoms with Crippen LogP contribution >= 0.6 is 11.6 Å². The zero-order chi connectivity index (χ0) is 11.5. The summed E-state index contributed by atoms with van der Waals surface area (Å²) in [7, 11) is 0. The van der Waals surface area contributed by atoms with Gasteiger partial charge in [0, 0.05) is 24.5 Å². The average molecular weight is 238 g/mol. The van der Waals surface area contributed by atoms with Crippen LogP contribution in [0.25, 0.3) is 0 Å². The predicted molar refractivity (Wildman–Crippen MR) is 65.9 cm³/mol. The Morgan fingerprint density at radius 1 is 1.56 bits per heavy atom. The van der Waals surface area contributed by atoms with E-state index in [-0.39, 0.29) is 5.91 Å². The van der Waals surface area contributed by atoms with Crippen LogP contribution < -0.4 is 0 Å². The third-order valence-corrected chi connectivity index (χ3v) is 3.49. The Labute approximate surface area is 101 Å². The molecule has 1 heterocycles. The minimum Gasteiger partial charge on any atom is -0.338 e. The van der Waals surface area contributed by atoms with Gasteiger partial charge in [0.05, 0.1) is 0 Å². The standard InChI is InChI=1S/C13H16ClNO/c1-10-3-2-4-12(7-10)13(16)15-6-5-11(8-14)9-15/h2-4,7,11H,5-6,8-9H2,1H3. The number of carbonyl (C=O) groups excluding carboxylic acids is 1. The monoisotopic (exact) mass is 237 g/mol. The fourth-order valence-electron chi connectivity index (χ4n) is 2.10. The summed E-state index contributed by atoms with van der Waals surface area (Å²) in [6.45, 7) is 3.64. The molecular formula is C13H16ClNO. The predicted octanol–water partition coefficient (Wildman–Crippen LogP) is 2.70. The van der Waals surface area contributed by atoms with Crippen molar-refractivity contribution in [1.82, 2.24) is 4.90 Å². The van der Waals surface area contributed by atoms with Crippen LogP contribution in [0.15, 0.2) is 24.3 Å². The van der Waals surface area contributed by atoms with Crippen molar-refractivity contribution in [3.05, 3.63) is 35.4 Å². The lowest BCUT2D eigenvalue weighted by Crippen LogP contribution is -2.28. The van der Waals surface area contributed by atoms with Gasteiger partial charge in [0.15, 0.2) is 0 Å². The Hall–Kier alpha value is -1.02. The maximum absolute atomic E-state index is 12.1. The van der Waals surface area contributed by atoms with Crippen LogP contribution in [0.3, 0.4) is 0 Å². The van der Waals surface area contributed by atoms with Crippen LogP contribution in [-0.2, 0) is 0 Å². The van der Waals surface area contributed by atoms with E-state index < -0.39 is 0 Å². The summed E-state index contributed by atoms with van der Waals surface area (Å²) in [5.74, 6) is 1.25. The van der Waals surface area contributed by atoms with Gasteiger partial charge in [-0.25, -0.2) is 0 Å². The molecule has 1 aromatic rings. The molecule has 1 amide bonds. The lowest BCUT2D eigenvalue weighted by Gasteiger charge is -2.16. The number of likely N-dealkylation sites (tertiary alicyclic amines) is 1. The molecule has 1 fully saturated rings. The molecule has 0 aliphatic carbocycles. The molecule has 86 valence electrons. The van der Waals surface area contributed by atoms with Crippen LogP contribution in [0, 0.1) is 12.8 Å². The number of rotatable bonds is 2. The van der Waals surface area contributed by atoms with Crippen LogP contribution in [0.4, 0.5) is 0 Å². The van der Waals surface area contributed by atoms with Gasteiger partial charge in [-0.1, -0.05) is 17.7 Å². The molecule has 1 aromatic carbocycles. The van der Waals surface area contributed by atoms with E-state index in [0.717, 1.165) is 30.6 Å². The quantitative estimate of drug-likeness (QED) is 0.725. The van der Waals surface area contributed by atoms with Gasteiger partial charge in [0.1, 0.15) is 0 Å². The zero-order valence-electron chi connectivity index (χ0n) is 9.45. The summed E-state index contributed by atoms with van der Waals surface area (Å²) >= 11 is 5.81. The van der Waals surface area contributed by atoms with Crippen molar-refractivity contribution in [3.63, 3.8) is 0 Å². The van der Waals surface area contributed by atoms with Crippen molar-refractivity contribution >= 4 is 17.5 Å². The third-order valence-electron chi connectivity index (χ3n) is 3.06. The molecule has 1 aliphatic heterocycles. The molecule has 2 nitrogen and oxygen atoms in total. The Morgan fingerprint density at radius 3 is 3.00 bits per heavy atom. The summed E-state index contributed by atoms with van der Waals surface area (Å²) in [6.07, 6.45) is 1.03. The van der Waals surface area contributed by atoms with Gasteiger partial charge in [0.25, 0.3) is 5.91 Å². The molecule has 3 heteroatoms. The van der Waals surface area contributed by atoms with Gasteiger partial charge >= 0.3 is 0 Å². The third kappa shape index (κ3) is 2.38. The number of alkyl halides is 1. The first kappa shape index (κ1) is 11.5. The summed E-state index contributed by atoms with van der Waals surface area (Å²) in [5, 5.41) is 0. The number of carbonyl (C=O) groups is 1. The van der Waals surface area contributed by atoms with Gasteiger partial charge < -0.3 is 4.90 Å². The van der Waals surface area contributed by atoms with Gasteiger partial charge in [-0.2, -0.15) is 0 Å². The van der Waals surface area contributed by atoms with Crippen molar-refractivity contribution < 1.29 is 4.79 Å². The van der Waals surface area contributed by atoms with Gasteiger partial charge in [-0.15, -0.1) is 11.6 Å². The molecule has 0 bridgehead atoms. The second kappa shape index (κ2) is 4.88. The molecular weight excluding hydrogens is 222 g/mol. The molecule has 0 radical (unpaired) electrons. The van der Waals surface area contributed by atoms with E-state index in [1.54, 1.807) is 0 Å². The topological polar surface area (TPSA) is 20.3 Å².